The van der Waals surface area contributed by atoms with Crippen molar-refractivity contribution in [1.29, 1.82) is 0 Å². The largest absolute Gasteiger partial charge is 0.480 e. The Hall–Kier alpha value is -1.40. The van der Waals surface area contributed by atoms with E-state index < -0.39 is 12.0 Å². The van der Waals surface area contributed by atoms with Crippen LogP contribution in [0.3, 0.4) is 0 Å². The zero-order valence-corrected chi connectivity index (χ0v) is 9.58. The molecule has 0 aliphatic rings. The Morgan fingerprint density at radius 3 is 2.75 bits per heavy atom. The van der Waals surface area contributed by atoms with Crippen LogP contribution in [0.4, 0.5) is 0 Å². The zero-order chi connectivity index (χ0) is 12.1. The van der Waals surface area contributed by atoms with Gasteiger partial charge in [-0.25, -0.2) is 4.79 Å². The number of nitrogens with one attached hydrogen (secondary N) is 1. The standard InChI is InChI=1S/C10H13N2O3S/c1-6(13)12-9(10(14)15)4-7-2-3-8(5-11)16-7/h2-3,5,9H,4,11H2,1H3,(H,12,13)(H,14,15)/t9-/m0/s1. The van der Waals surface area contributed by atoms with Crippen molar-refractivity contribution in [3.8, 4) is 0 Å². The molecular formula is C10H13N2O3S. The van der Waals surface area contributed by atoms with E-state index in [1.165, 1.54) is 24.8 Å². The average molecular weight is 241 g/mol. The molecule has 0 aromatic carbocycles. The summed E-state index contributed by atoms with van der Waals surface area (Å²) in [5, 5.41) is 11.3. The Balaban J connectivity index is 2.67. The minimum Gasteiger partial charge on any atom is -0.480 e. The second-order valence-electron chi connectivity index (χ2n) is 3.27. The van der Waals surface area contributed by atoms with Gasteiger partial charge < -0.3 is 16.2 Å². The molecule has 0 unspecified atom stereocenters. The Labute approximate surface area is 97.3 Å². The first-order chi connectivity index (χ1) is 7.52. The molecule has 0 saturated heterocycles. The third kappa shape index (κ3) is 3.63. The van der Waals surface area contributed by atoms with E-state index >= 15 is 0 Å². The summed E-state index contributed by atoms with van der Waals surface area (Å²) in [6, 6.07) is 2.73. The van der Waals surface area contributed by atoms with Gasteiger partial charge in [0.1, 0.15) is 6.04 Å². The molecule has 4 N–H and O–H groups in total. The molecule has 6 heteroatoms. The normalized spacial score (nSPS) is 12.1. The third-order valence-electron chi connectivity index (χ3n) is 1.93. The van der Waals surface area contributed by atoms with E-state index in [1.54, 1.807) is 6.07 Å². The molecule has 0 bridgehead atoms. The number of carboxylic acids is 1. The van der Waals surface area contributed by atoms with E-state index in [2.05, 4.69) is 5.32 Å². The molecule has 0 aliphatic heterocycles. The first-order valence-electron chi connectivity index (χ1n) is 4.66. The lowest BCUT2D eigenvalue weighted by molar-refractivity contribution is -0.141. The van der Waals surface area contributed by atoms with Crippen molar-refractivity contribution < 1.29 is 14.7 Å². The summed E-state index contributed by atoms with van der Waals surface area (Å²) in [5.74, 6) is -1.39. The molecular weight excluding hydrogens is 228 g/mol. The predicted molar refractivity (Wildman–Crippen MR) is 60.9 cm³/mol. The Bertz CT molecular complexity index is 389. The lowest BCUT2D eigenvalue weighted by Crippen LogP contribution is -2.40. The van der Waals surface area contributed by atoms with E-state index in [1.807, 2.05) is 6.07 Å². The number of amides is 1. The maximum absolute atomic E-state index is 10.9. The van der Waals surface area contributed by atoms with Crippen molar-refractivity contribution in [3.63, 3.8) is 0 Å². The second kappa shape index (κ2) is 5.62. The van der Waals surface area contributed by atoms with Gasteiger partial charge in [-0.15, -0.1) is 11.3 Å². The highest BCUT2D eigenvalue weighted by molar-refractivity contribution is 7.12. The number of rotatable bonds is 5. The van der Waals surface area contributed by atoms with Crippen LogP contribution < -0.4 is 11.1 Å². The molecule has 1 aromatic rings. The number of thiophene rings is 1. The molecule has 16 heavy (non-hydrogen) atoms. The highest BCUT2D eigenvalue weighted by Gasteiger charge is 2.19. The van der Waals surface area contributed by atoms with Crippen LogP contribution in [0.1, 0.15) is 16.7 Å². The molecule has 1 amide bonds. The van der Waals surface area contributed by atoms with Gasteiger partial charge in [-0.2, -0.15) is 0 Å². The molecule has 0 saturated carbocycles. The highest BCUT2D eigenvalue weighted by atomic mass is 32.1. The minimum atomic E-state index is -1.04. The van der Waals surface area contributed by atoms with E-state index in [0.717, 1.165) is 9.75 Å². The van der Waals surface area contributed by atoms with Crippen LogP contribution in [0, 0.1) is 6.54 Å². The smallest absolute Gasteiger partial charge is 0.326 e. The number of carboxylic acid groups (broad SMARTS) is 1. The monoisotopic (exact) mass is 241 g/mol. The summed E-state index contributed by atoms with van der Waals surface area (Å²) >= 11 is 1.41. The van der Waals surface area contributed by atoms with Crippen molar-refractivity contribution in [3.05, 3.63) is 28.4 Å². The van der Waals surface area contributed by atoms with E-state index in [-0.39, 0.29) is 12.3 Å². The maximum atomic E-state index is 10.9. The molecule has 1 atom stereocenters. The number of nitrogens with two attached hydrogens (primary N) is 1. The molecule has 1 rings (SSSR count). The van der Waals surface area contributed by atoms with Crippen molar-refractivity contribution >= 4 is 23.2 Å². The number of aliphatic carboxylic acids is 1. The number of carbonyl (C=O) groups is 2. The van der Waals surface area contributed by atoms with Gasteiger partial charge in [0, 0.05) is 23.1 Å². The molecule has 0 aliphatic carbocycles. The van der Waals surface area contributed by atoms with Gasteiger partial charge in [0.2, 0.25) is 5.91 Å². The lowest BCUT2D eigenvalue weighted by atomic mass is 10.2. The number of hydrogen-bond donors (Lipinski definition) is 3. The highest BCUT2D eigenvalue weighted by Crippen LogP contribution is 2.18. The molecule has 0 spiro atoms. The summed E-state index contributed by atoms with van der Waals surface area (Å²) in [5.41, 5.74) is 5.33. The molecule has 1 aromatic heterocycles. The van der Waals surface area contributed by atoms with Gasteiger partial charge >= 0.3 is 5.97 Å². The van der Waals surface area contributed by atoms with Crippen molar-refractivity contribution in [1.82, 2.24) is 5.32 Å². The quantitative estimate of drug-likeness (QED) is 0.693. The van der Waals surface area contributed by atoms with E-state index in [0.29, 0.717) is 0 Å². The van der Waals surface area contributed by atoms with Crippen LogP contribution in [0.5, 0.6) is 0 Å². The Morgan fingerprint density at radius 1 is 1.62 bits per heavy atom. The van der Waals surface area contributed by atoms with Crippen LogP contribution in [-0.4, -0.2) is 23.0 Å². The third-order valence-corrected chi connectivity index (χ3v) is 3.00. The topological polar surface area (TPSA) is 92.4 Å². The maximum Gasteiger partial charge on any atom is 0.326 e. The van der Waals surface area contributed by atoms with Crippen molar-refractivity contribution in [2.45, 2.75) is 19.4 Å². The summed E-state index contributed by atoms with van der Waals surface area (Å²) in [4.78, 5) is 23.4. The Morgan fingerprint density at radius 2 is 2.31 bits per heavy atom. The minimum absolute atomic E-state index is 0.271. The number of carbonyl (C=O) groups excluding carboxylic acids is 1. The summed E-state index contributed by atoms with van der Waals surface area (Å²) < 4.78 is 0. The van der Waals surface area contributed by atoms with Gasteiger partial charge in [0.15, 0.2) is 0 Å². The van der Waals surface area contributed by atoms with Gasteiger partial charge in [-0.1, -0.05) is 0 Å². The fourth-order valence-corrected chi connectivity index (χ4v) is 2.13. The van der Waals surface area contributed by atoms with Gasteiger partial charge in [-0.05, 0) is 12.1 Å². The van der Waals surface area contributed by atoms with Crippen LogP contribution in [0.15, 0.2) is 12.1 Å². The summed E-state index contributed by atoms with van der Waals surface area (Å²) in [6.45, 7) is 2.76. The van der Waals surface area contributed by atoms with E-state index in [9.17, 15) is 9.59 Å². The second-order valence-corrected chi connectivity index (χ2v) is 4.47. The predicted octanol–water partition coefficient (Wildman–Crippen LogP) is 0.348. The zero-order valence-electron chi connectivity index (χ0n) is 8.77. The van der Waals surface area contributed by atoms with Crippen LogP contribution >= 0.6 is 11.3 Å². The lowest BCUT2D eigenvalue weighted by Gasteiger charge is -2.11. The van der Waals surface area contributed by atoms with Gasteiger partial charge in [0.05, 0.1) is 6.54 Å². The van der Waals surface area contributed by atoms with Crippen LogP contribution in [-0.2, 0) is 16.0 Å². The molecule has 87 valence electrons. The van der Waals surface area contributed by atoms with Crippen LogP contribution in [0.25, 0.3) is 0 Å². The number of hydrogen-bond acceptors (Lipinski definition) is 4. The first kappa shape index (κ1) is 12.7. The molecule has 1 heterocycles. The summed E-state index contributed by atoms with van der Waals surface area (Å²) in [6.07, 6.45) is 0.271. The van der Waals surface area contributed by atoms with E-state index in [4.69, 9.17) is 10.8 Å². The average Bonchev–Trinajstić information content (AvgIpc) is 2.63. The fraction of sp³-hybridized carbons (Fsp3) is 0.300. The molecule has 5 nitrogen and oxygen atoms in total. The molecule has 1 radical (unpaired) electrons. The van der Waals surface area contributed by atoms with Crippen molar-refractivity contribution in [2.75, 3.05) is 0 Å². The summed E-state index contributed by atoms with van der Waals surface area (Å²) in [7, 11) is 0. The van der Waals surface area contributed by atoms with Crippen LogP contribution in [0.2, 0.25) is 0 Å². The van der Waals surface area contributed by atoms with Gasteiger partial charge in [0.25, 0.3) is 0 Å². The molecule has 0 fully saturated rings. The fourth-order valence-electron chi connectivity index (χ4n) is 1.24. The Kier molecular flexibility index (Phi) is 4.45. The van der Waals surface area contributed by atoms with Gasteiger partial charge in [-0.3, -0.25) is 4.79 Å². The SMILES string of the molecule is CC(=O)N[C@@H](Cc1ccc([CH]N)s1)C(=O)O. The first-order valence-corrected chi connectivity index (χ1v) is 5.48. The van der Waals surface area contributed by atoms with Crippen molar-refractivity contribution in [2.24, 2.45) is 5.73 Å².